The van der Waals surface area contributed by atoms with Gasteiger partial charge in [0, 0.05) is 36.3 Å². The van der Waals surface area contributed by atoms with Crippen molar-refractivity contribution < 1.29 is 14.3 Å². The fraction of sp³-hybridized carbons (Fsp3) is 0.391. The number of nitrogens with one attached hydrogen (secondary N) is 1. The number of hydrogen-bond acceptors (Lipinski definition) is 4. The van der Waals surface area contributed by atoms with Gasteiger partial charge in [0.15, 0.2) is 0 Å². The summed E-state index contributed by atoms with van der Waals surface area (Å²) < 4.78 is 5.94. The van der Waals surface area contributed by atoms with Crippen molar-refractivity contribution in [3.8, 4) is 0 Å². The minimum Gasteiger partial charge on any atom is -0.367 e. The molecule has 152 valence electrons. The van der Waals surface area contributed by atoms with Gasteiger partial charge in [-0.05, 0) is 44.3 Å². The molecule has 2 aliphatic rings. The molecule has 0 unspecified atom stereocenters. The highest BCUT2D eigenvalue weighted by atomic mass is 16.5. The zero-order valence-electron chi connectivity index (χ0n) is 16.9. The molecular formula is C23H27N3O3. The molecule has 2 heterocycles. The summed E-state index contributed by atoms with van der Waals surface area (Å²) in [5.74, 6) is -0.0946. The van der Waals surface area contributed by atoms with E-state index in [0.29, 0.717) is 31.7 Å². The van der Waals surface area contributed by atoms with Gasteiger partial charge in [-0.2, -0.15) is 0 Å². The molecule has 0 aliphatic carbocycles. The first-order chi connectivity index (χ1) is 14.0. The van der Waals surface area contributed by atoms with Gasteiger partial charge >= 0.3 is 0 Å². The van der Waals surface area contributed by atoms with Crippen molar-refractivity contribution in [2.24, 2.45) is 0 Å². The van der Waals surface area contributed by atoms with Crippen LogP contribution in [-0.4, -0.2) is 63.2 Å². The second-order valence-corrected chi connectivity index (χ2v) is 8.15. The first-order valence-electron chi connectivity index (χ1n) is 10.0. The number of benzene rings is 2. The fourth-order valence-electron chi connectivity index (χ4n) is 4.26. The molecule has 1 N–H and O–H groups in total. The topological polar surface area (TPSA) is 61.9 Å². The summed E-state index contributed by atoms with van der Waals surface area (Å²) in [4.78, 5) is 29.6. The number of para-hydroxylation sites is 1. The Kier molecular flexibility index (Phi) is 5.39. The molecule has 2 atom stereocenters. The quantitative estimate of drug-likeness (QED) is 0.845. The van der Waals surface area contributed by atoms with Gasteiger partial charge in [-0.15, -0.1) is 0 Å². The molecule has 2 aromatic rings. The molecule has 2 aromatic carbocycles. The lowest BCUT2D eigenvalue weighted by molar-refractivity contribution is -0.130. The van der Waals surface area contributed by atoms with Crippen LogP contribution < -0.4 is 10.2 Å². The highest BCUT2D eigenvalue weighted by molar-refractivity contribution is 6.07. The van der Waals surface area contributed by atoms with E-state index < -0.39 is 6.10 Å². The van der Waals surface area contributed by atoms with E-state index in [1.165, 1.54) is 0 Å². The van der Waals surface area contributed by atoms with Gasteiger partial charge in [-0.3, -0.25) is 9.59 Å². The standard InChI is InChI=1S/C23H27N3O3/c1-25(2)13-12-24-21(27)20-14-23(16-29-20)15-26(19-11-7-6-10-18(19)23)22(28)17-8-4-3-5-9-17/h3-11,20H,12-16H2,1-2H3,(H,24,27)/t20-,23+/m1/s1. The Morgan fingerprint density at radius 1 is 1.14 bits per heavy atom. The highest BCUT2D eigenvalue weighted by Crippen LogP contribution is 2.47. The smallest absolute Gasteiger partial charge is 0.258 e. The van der Waals surface area contributed by atoms with Crippen LogP contribution in [0.5, 0.6) is 0 Å². The molecule has 1 fully saturated rings. The van der Waals surface area contributed by atoms with Crippen LogP contribution in [0.4, 0.5) is 5.69 Å². The maximum Gasteiger partial charge on any atom is 0.258 e. The molecule has 6 nitrogen and oxygen atoms in total. The van der Waals surface area contributed by atoms with Gasteiger partial charge in [0.1, 0.15) is 6.10 Å². The second-order valence-electron chi connectivity index (χ2n) is 8.15. The summed E-state index contributed by atoms with van der Waals surface area (Å²) >= 11 is 0. The number of ether oxygens (including phenoxy) is 1. The molecule has 0 bridgehead atoms. The Morgan fingerprint density at radius 2 is 1.86 bits per heavy atom. The summed E-state index contributed by atoms with van der Waals surface area (Å²) in [5, 5.41) is 2.96. The van der Waals surface area contributed by atoms with Crippen molar-refractivity contribution in [1.82, 2.24) is 10.2 Å². The molecule has 29 heavy (non-hydrogen) atoms. The van der Waals surface area contributed by atoms with Crippen molar-refractivity contribution in [3.05, 3.63) is 65.7 Å². The summed E-state index contributed by atoms with van der Waals surface area (Å²) in [6.45, 7) is 2.34. The third-order valence-corrected chi connectivity index (χ3v) is 5.78. The van der Waals surface area contributed by atoms with Crippen molar-refractivity contribution in [1.29, 1.82) is 0 Å². The molecule has 4 rings (SSSR count). The summed E-state index contributed by atoms with van der Waals surface area (Å²) in [7, 11) is 3.95. The normalized spacial score (nSPS) is 22.9. The number of fused-ring (bicyclic) bond motifs is 2. The molecule has 1 spiro atoms. The van der Waals surface area contributed by atoms with Crippen LogP contribution in [0.3, 0.4) is 0 Å². The first kappa shape index (κ1) is 19.6. The number of carbonyl (C=O) groups excluding carboxylic acids is 2. The minimum absolute atomic E-state index is 0.0196. The number of likely N-dealkylation sites (N-methyl/N-ethyl adjacent to an activating group) is 1. The zero-order chi connectivity index (χ0) is 20.4. The third-order valence-electron chi connectivity index (χ3n) is 5.78. The highest BCUT2D eigenvalue weighted by Gasteiger charge is 2.51. The number of carbonyl (C=O) groups is 2. The molecule has 1 saturated heterocycles. The second kappa shape index (κ2) is 7.97. The maximum atomic E-state index is 13.2. The van der Waals surface area contributed by atoms with Crippen molar-refractivity contribution in [2.75, 3.05) is 45.2 Å². The lowest BCUT2D eigenvalue weighted by Gasteiger charge is -2.23. The van der Waals surface area contributed by atoms with Crippen LogP contribution in [0.1, 0.15) is 22.3 Å². The largest absolute Gasteiger partial charge is 0.367 e. The van der Waals surface area contributed by atoms with E-state index in [1.54, 1.807) is 0 Å². The van der Waals surface area contributed by atoms with Crippen LogP contribution in [-0.2, 0) is 14.9 Å². The molecule has 0 aromatic heterocycles. The van der Waals surface area contributed by atoms with E-state index in [-0.39, 0.29) is 17.2 Å². The average Bonchev–Trinajstić information content (AvgIpc) is 3.31. The molecule has 2 aliphatic heterocycles. The molecule has 0 saturated carbocycles. The minimum atomic E-state index is -0.489. The van der Waals surface area contributed by atoms with E-state index in [9.17, 15) is 9.59 Å². The zero-order valence-corrected chi connectivity index (χ0v) is 16.9. The molecule has 6 heteroatoms. The summed E-state index contributed by atoms with van der Waals surface area (Å²) in [5.41, 5.74) is 2.33. The van der Waals surface area contributed by atoms with Crippen molar-refractivity contribution >= 4 is 17.5 Å². The van der Waals surface area contributed by atoms with E-state index in [1.807, 2.05) is 72.4 Å². The van der Waals surface area contributed by atoms with Gasteiger partial charge in [0.05, 0.1) is 6.61 Å². The number of nitrogens with zero attached hydrogens (tertiary/aromatic N) is 2. The number of hydrogen-bond donors (Lipinski definition) is 1. The lowest BCUT2D eigenvalue weighted by Crippen LogP contribution is -2.40. The Morgan fingerprint density at radius 3 is 2.62 bits per heavy atom. The maximum absolute atomic E-state index is 13.2. The van der Waals surface area contributed by atoms with Gasteiger partial charge in [-0.25, -0.2) is 0 Å². The summed E-state index contributed by atoms with van der Waals surface area (Å²) in [6.07, 6.45) is 0.0908. The Hall–Kier alpha value is -2.70. The van der Waals surface area contributed by atoms with Crippen LogP contribution in [0.2, 0.25) is 0 Å². The fourth-order valence-corrected chi connectivity index (χ4v) is 4.26. The Bertz CT molecular complexity index is 899. The molecular weight excluding hydrogens is 366 g/mol. The van der Waals surface area contributed by atoms with E-state index in [2.05, 4.69) is 11.4 Å². The van der Waals surface area contributed by atoms with Gasteiger partial charge in [-0.1, -0.05) is 36.4 Å². The van der Waals surface area contributed by atoms with Crippen molar-refractivity contribution in [2.45, 2.75) is 17.9 Å². The van der Waals surface area contributed by atoms with E-state index in [0.717, 1.165) is 17.8 Å². The van der Waals surface area contributed by atoms with Gasteiger partial charge in [0.25, 0.3) is 5.91 Å². The predicted molar refractivity (Wildman–Crippen MR) is 112 cm³/mol. The van der Waals surface area contributed by atoms with Crippen molar-refractivity contribution in [3.63, 3.8) is 0 Å². The van der Waals surface area contributed by atoms with E-state index >= 15 is 0 Å². The van der Waals surface area contributed by atoms with Gasteiger partial charge < -0.3 is 19.9 Å². The Balaban J connectivity index is 1.53. The van der Waals surface area contributed by atoms with Crippen LogP contribution in [0.15, 0.2) is 54.6 Å². The van der Waals surface area contributed by atoms with E-state index in [4.69, 9.17) is 4.74 Å². The predicted octanol–water partition coefficient (Wildman–Crippen LogP) is 2.05. The van der Waals surface area contributed by atoms with Gasteiger partial charge in [0.2, 0.25) is 5.91 Å². The Labute approximate surface area is 171 Å². The third kappa shape index (κ3) is 3.78. The monoisotopic (exact) mass is 393 g/mol. The molecule has 0 radical (unpaired) electrons. The lowest BCUT2D eigenvalue weighted by atomic mass is 9.80. The van der Waals surface area contributed by atoms with Crippen LogP contribution in [0.25, 0.3) is 0 Å². The number of anilines is 1. The SMILES string of the molecule is CN(C)CCNC(=O)[C@H]1C[C@@]2(CO1)CN(C(=O)c1ccccc1)c1ccccc12. The first-order valence-corrected chi connectivity index (χ1v) is 10.0. The van der Waals surface area contributed by atoms with Crippen LogP contribution in [0, 0.1) is 0 Å². The average molecular weight is 393 g/mol. The molecule has 2 amide bonds. The number of amides is 2. The van der Waals surface area contributed by atoms with Crippen LogP contribution >= 0.6 is 0 Å². The number of rotatable bonds is 5. The summed E-state index contributed by atoms with van der Waals surface area (Å²) in [6, 6.07) is 17.3.